The summed E-state index contributed by atoms with van der Waals surface area (Å²) in [6.07, 6.45) is 4.66. The van der Waals surface area contributed by atoms with Crippen LogP contribution in [0.25, 0.3) is 11.5 Å². The second-order valence-corrected chi connectivity index (χ2v) is 4.74. The molecule has 0 atom stereocenters. The molecule has 90 valence electrons. The maximum absolute atomic E-state index is 5.64. The largest absolute Gasteiger partial charge is 0.460 e. The van der Waals surface area contributed by atoms with Crippen LogP contribution in [-0.2, 0) is 13.6 Å². The second kappa shape index (κ2) is 4.04. The van der Waals surface area contributed by atoms with E-state index < -0.39 is 0 Å². The quantitative estimate of drug-likeness (QED) is 0.877. The van der Waals surface area contributed by atoms with Gasteiger partial charge in [0.1, 0.15) is 11.5 Å². The number of nitrogens with one attached hydrogen (secondary N) is 1. The second-order valence-electron chi connectivity index (χ2n) is 4.74. The molecule has 4 nitrogen and oxygen atoms in total. The highest BCUT2D eigenvalue weighted by molar-refractivity contribution is 5.56. The molecule has 0 bridgehead atoms. The molecule has 0 aromatic carbocycles. The van der Waals surface area contributed by atoms with Crippen LogP contribution in [0.4, 0.5) is 0 Å². The third-order valence-corrected chi connectivity index (χ3v) is 3.04. The van der Waals surface area contributed by atoms with Crippen molar-refractivity contribution in [1.29, 1.82) is 0 Å². The summed E-state index contributed by atoms with van der Waals surface area (Å²) in [7, 11) is 1.94. The van der Waals surface area contributed by atoms with Crippen molar-refractivity contribution in [2.45, 2.75) is 32.4 Å². The van der Waals surface area contributed by atoms with Crippen LogP contribution in [0, 0.1) is 6.92 Å². The summed E-state index contributed by atoms with van der Waals surface area (Å²) in [6.45, 7) is 2.82. The Kier molecular flexibility index (Phi) is 2.52. The van der Waals surface area contributed by atoms with Gasteiger partial charge < -0.3 is 9.73 Å². The van der Waals surface area contributed by atoms with Gasteiger partial charge in [0.25, 0.3) is 0 Å². The third-order valence-electron chi connectivity index (χ3n) is 3.04. The molecule has 0 amide bonds. The highest BCUT2D eigenvalue weighted by Crippen LogP contribution is 2.25. The molecule has 0 aliphatic heterocycles. The number of hydrogen-bond donors (Lipinski definition) is 1. The van der Waals surface area contributed by atoms with Crippen molar-refractivity contribution in [2.24, 2.45) is 7.05 Å². The Balaban J connectivity index is 1.86. The maximum Gasteiger partial charge on any atom is 0.154 e. The van der Waals surface area contributed by atoms with Gasteiger partial charge >= 0.3 is 0 Å². The lowest BCUT2D eigenvalue weighted by Crippen LogP contribution is -2.15. The zero-order valence-corrected chi connectivity index (χ0v) is 10.2. The van der Waals surface area contributed by atoms with Gasteiger partial charge in [-0.3, -0.25) is 4.68 Å². The smallest absolute Gasteiger partial charge is 0.154 e. The van der Waals surface area contributed by atoms with Gasteiger partial charge in [0, 0.05) is 31.4 Å². The van der Waals surface area contributed by atoms with Gasteiger partial charge in [-0.2, -0.15) is 5.10 Å². The molecule has 1 aliphatic carbocycles. The molecule has 1 aliphatic rings. The van der Waals surface area contributed by atoms with E-state index in [-0.39, 0.29) is 0 Å². The zero-order chi connectivity index (χ0) is 11.8. The lowest BCUT2D eigenvalue weighted by Gasteiger charge is -2.01. The molecule has 2 heterocycles. The Morgan fingerprint density at radius 3 is 2.94 bits per heavy atom. The molecule has 2 aromatic heterocycles. The van der Waals surface area contributed by atoms with Crippen molar-refractivity contribution >= 4 is 0 Å². The lowest BCUT2D eigenvalue weighted by atomic mass is 10.2. The molecule has 2 aromatic rings. The molecular weight excluding hydrogens is 214 g/mol. The molecule has 0 radical (unpaired) electrons. The number of nitrogens with zero attached hydrogens (tertiary/aromatic N) is 2. The van der Waals surface area contributed by atoms with Crippen molar-refractivity contribution in [3.05, 3.63) is 29.7 Å². The number of aryl methyl sites for hydroxylation is 2. The van der Waals surface area contributed by atoms with Crippen LogP contribution in [-0.4, -0.2) is 15.8 Å². The molecule has 1 fully saturated rings. The van der Waals surface area contributed by atoms with Gasteiger partial charge in [-0.25, -0.2) is 0 Å². The molecule has 1 N–H and O–H groups in total. The normalized spacial score (nSPS) is 15.4. The molecule has 0 saturated heterocycles. The highest BCUT2D eigenvalue weighted by Gasteiger charge is 2.21. The SMILES string of the molecule is Cc1ccc(-c2nn(C)cc2CNC2CC2)o1. The molecule has 0 spiro atoms. The Bertz CT molecular complexity index is 523. The van der Waals surface area contributed by atoms with Gasteiger partial charge in [0.15, 0.2) is 5.76 Å². The van der Waals surface area contributed by atoms with E-state index in [9.17, 15) is 0 Å². The van der Waals surface area contributed by atoms with E-state index in [0.29, 0.717) is 6.04 Å². The van der Waals surface area contributed by atoms with Crippen LogP contribution in [0.2, 0.25) is 0 Å². The first-order valence-corrected chi connectivity index (χ1v) is 6.05. The van der Waals surface area contributed by atoms with Crippen molar-refractivity contribution < 1.29 is 4.42 Å². The Morgan fingerprint density at radius 1 is 1.47 bits per heavy atom. The van der Waals surface area contributed by atoms with E-state index in [1.54, 1.807) is 0 Å². The molecular formula is C13H17N3O. The van der Waals surface area contributed by atoms with E-state index in [1.807, 2.05) is 30.8 Å². The van der Waals surface area contributed by atoms with Crippen LogP contribution in [0.1, 0.15) is 24.2 Å². The number of furan rings is 1. The standard InChI is InChI=1S/C13H17N3O/c1-9-3-6-12(17-9)13-10(8-16(2)15-13)7-14-11-4-5-11/h3,6,8,11,14H,4-5,7H2,1-2H3. The first-order valence-electron chi connectivity index (χ1n) is 6.05. The topological polar surface area (TPSA) is 43.0 Å². The minimum Gasteiger partial charge on any atom is -0.460 e. The average molecular weight is 231 g/mol. The first kappa shape index (κ1) is 10.6. The van der Waals surface area contributed by atoms with E-state index in [4.69, 9.17) is 4.42 Å². The van der Waals surface area contributed by atoms with Crippen LogP contribution >= 0.6 is 0 Å². The fourth-order valence-corrected chi connectivity index (χ4v) is 1.98. The van der Waals surface area contributed by atoms with Crippen LogP contribution in [0.15, 0.2) is 22.7 Å². The highest BCUT2D eigenvalue weighted by atomic mass is 16.3. The number of rotatable bonds is 4. The first-order chi connectivity index (χ1) is 8.22. The minimum atomic E-state index is 0.710. The van der Waals surface area contributed by atoms with Crippen LogP contribution in [0.3, 0.4) is 0 Å². The van der Waals surface area contributed by atoms with E-state index in [1.165, 1.54) is 18.4 Å². The van der Waals surface area contributed by atoms with Gasteiger partial charge in [0.05, 0.1) is 0 Å². The molecule has 3 rings (SSSR count). The summed E-state index contributed by atoms with van der Waals surface area (Å²) in [6, 6.07) is 4.67. The van der Waals surface area contributed by atoms with Gasteiger partial charge in [0.2, 0.25) is 0 Å². The van der Waals surface area contributed by atoms with Crippen molar-refractivity contribution in [3.8, 4) is 11.5 Å². The van der Waals surface area contributed by atoms with Crippen molar-refractivity contribution in [2.75, 3.05) is 0 Å². The summed E-state index contributed by atoms with van der Waals surface area (Å²) < 4.78 is 7.49. The summed E-state index contributed by atoms with van der Waals surface area (Å²) in [4.78, 5) is 0. The fourth-order valence-electron chi connectivity index (χ4n) is 1.98. The average Bonchev–Trinajstić information content (AvgIpc) is 2.91. The molecule has 4 heteroatoms. The monoisotopic (exact) mass is 231 g/mol. The Morgan fingerprint density at radius 2 is 2.29 bits per heavy atom. The predicted molar refractivity (Wildman–Crippen MR) is 65.5 cm³/mol. The molecule has 17 heavy (non-hydrogen) atoms. The molecule has 1 saturated carbocycles. The summed E-state index contributed by atoms with van der Waals surface area (Å²) >= 11 is 0. The van der Waals surface area contributed by atoms with E-state index in [0.717, 1.165) is 23.8 Å². The lowest BCUT2D eigenvalue weighted by molar-refractivity contribution is 0.544. The summed E-state index contributed by atoms with van der Waals surface area (Å²) in [5.41, 5.74) is 2.16. The Labute approximate surface area is 101 Å². The predicted octanol–water partition coefficient (Wildman–Crippen LogP) is 2.24. The van der Waals surface area contributed by atoms with Crippen LogP contribution < -0.4 is 5.32 Å². The Hall–Kier alpha value is -1.55. The van der Waals surface area contributed by atoms with Gasteiger partial charge in [-0.1, -0.05) is 0 Å². The third kappa shape index (κ3) is 2.26. The molecule has 0 unspecified atom stereocenters. The zero-order valence-electron chi connectivity index (χ0n) is 10.2. The van der Waals surface area contributed by atoms with Gasteiger partial charge in [-0.15, -0.1) is 0 Å². The minimum absolute atomic E-state index is 0.710. The van der Waals surface area contributed by atoms with Crippen LogP contribution in [0.5, 0.6) is 0 Å². The van der Waals surface area contributed by atoms with Gasteiger partial charge in [-0.05, 0) is 31.9 Å². The summed E-state index contributed by atoms with van der Waals surface area (Å²) in [5.74, 6) is 1.78. The fraction of sp³-hybridized carbons (Fsp3) is 0.462. The van der Waals surface area contributed by atoms with E-state index >= 15 is 0 Å². The van der Waals surface area contributed by atoms with Crippen molar-refractivity contribution in [1.82, 2.24) is 15.1 Å². The maximum atomic E-state index is 5.64. The van der Waals surface area contributed by atoms with E-state index in [2.05, 4.69) is 16.6 Å². The number of aromatic nitrogens is 2. The number of hydrogen-bond acceptors (Lipinski definition) is 3. The van der Waals surface area contributed by atoms with Crippen molar-refractivity contribution in [3.63, 3.8) is 0 Å². The summed E-state index contributed by atoms with van der Waals surface area (Å²) in [5, 5.41) is 7.98.